The molecule has 4 atom stereocenters. The van der Waals surface area contributed by atoms with Gasteiger partial charge in [-0.3, -0.25) is 9.59 Å². The molecule has 3 aliphatic rings. The Labute approximate surface area is 375 Å². The van der Waals surface area contributed by atoms with Gasteiger partial charge in [-0.2, -0.15) is 0 Å². The normalized spacial score (nSPS) is 19.5. The number of alkyl carbamates (subject to hydrolysis) is 2. The first-order chi connectivity index (χ1) is 31.8. The topological polar surface area (TPSA) is 209 Å². The van der Waals surface area contributed by atoms with Gasteiger partial charge in [-0.25, -0.2) is 19.6 Å². The third-order valence-corrected chi connectivity index (χ3v) is 12.5. The van der Waals surface area contributed by atoms with Crippen LogP contribution in [0.1, 0.15) is 68.0 Å². The molecule has 0 spiro atoms. The van der Waals surface area contributed by atoms with Gasteiger partial charge in [-0.05, 0) is 84.9 Å². The van der Waals surface area contributed by atoms with Crippen molar-refractivity contribution < 1.29 is 38.1 Å². The molecule has 17 nitrogen and oxygen atoms in total. The molecule has 17 heteroatoms. The van der Waals surface area contributed by atoms with E-state index >= 15 is 0 Å². The van der Waals surface area contributed by atoms with Crippen molar-refractivity contribution >= 4 is 34.9 Å². The van der Waals surface area contributed by atoms with E-state index in [-0.39, 0.29) is 36.9 Å². The first kappa shape index (κ1) is 43.1. The van der Waals surface area contributed by atoms with Crippen LogP contribution in [0.15, 0.2) is 85.2 Å². The van der Waals surface area contributed by atoms with E-state index in [4.69, 9.17) is 28.9 Å². The van der Waals surface area contributed by atoms with Gasteiger partial charge in [0.2, 0.25) is 11.8 Å². The van der Waals surface area contributed by atoms with E-state index in [0.29, 0.717) is 56.5 Å². The number of aromatic amines is 3. The van der Waals surface area contributed by atoms with Gasteiger partial charge < -0.3 is 54.3 Å². The number of nitrogens with zero attached hydrogens (tertiary/aromatic N) is 4. The number of carbonyl (C=O) groups excluding carboxylic acids is 4. The summed E-state index contributed by atoms with van der Waals surface area (Å²) in [4.78, 5) is 75.9. The molecule has 0 unspecified atom stereocenters. The summed E-state index contributed by atoms with van der Waals surface area (Å²) in [7, 11) is 2.56. The number of nitrogens with one attached hydrogen (secondary N) is 5. The van der Waals surface area contributed by atoms with Gasteiger partial charge in [0.1, 0.15) is 29.5 Å². The van der Waals surface area contributed by atoms with Gasteiger partial charge >= 0.3 is 12.2 Å². The minimum absolute atomic E-state index is 0.0275. The van der Waals surface area contributed by atoms with Crippen molar-refractivity contribution in [2.75, 3.05) is 47.1 Å². The average Bonchev–Trinajstić information content (AvgIpc) is 4.19. The van der Waals surface area contributed by atoms with Gasteiger partial charge in [0.05, 0.1) is 63.3 Å². The van der Waals surface area contributed by atoms with Crippen LogP contribution in [0.5, 0.6) is 5.75 Å². The Hall–Kier alpha value is -7.14. The highest BCUT2D eigenvalue weighted by atomic mass is 16.5. The van der Waals surface area contributed by atoms with Crippen molar-refractivity contribution in [1.82, 2.24) is 45.4 Å². The van der Waals surface area contributed by atoms with Crippen LogP contribution in [0.25, 0.3) is 44.5 Å². The fourth-order valence-corrected chi connectivity index (χ4v) is 9.14. The van der Waals surface area contributed by atoms with Crippen molar-refractivity contribution in [1.29, 1.82) is 0 Å². The highest BCUT2D eigenvalue weighted by molar-refractivity contribution is 5.88. The lowest BCUT2D eigenvalue weighted by molar-refractivity contribution is -0.136. The van der Waals surface area contributed by atoms with Crippen molar-refractivity contribution in [3.8, 4) is 39.4 Å². The Morgan fingerprint density at radius 2 is 1.49 bits per heavy atom. The Balaban J connectivity index is 0.912. The van der Waals surface area contributed by atoms with E-state index in [2.05, 4.69) is 43.8 Å². The SMILES string of the molecule is COC(=O)N[C@@H](Cc1cc2ccccc2[nH]1)C(=O)N1CCC[C@H]1c1ncc(-c2ccc(-c3ccc4c(c3)OCCCCOC[C@H](NC(=O)OC)C(=O)N3CCC[C@H]3c3ncc-4[nH]3)cc2)[nH]1. The first-order valence-electron chi connectivity index (χ1n) is 22.2. The zero-order valence-corrected chi connectivity index (χ0v) is 36.4. The number of para-hydroxylation sites is 1. The van der Waals surface area contributed by atoms with Crippen LogP contribution in [0.3, 0.4) is 0 Å². The number of benzene rings is 3. The van der Waals surface area contributed by atoms with Crippen LogP contribution in [0.4, 0.5) is 9.59 Å². The molecule has 5 N–H and O–H groups in total. The lowest BCUT2D eigenvalue weighted by atomic mass is 10.00. The summed E-state index contributed by atoms with van der Waals surface area (Å²) in [6, 6.07) is 21.9. The second-order valence-corrected chi connectivity index (χ2v) is 16.6. The zero-order valence-electron chi connectivity index (χ0n) is 36.4. The summed E-state index contributed by atoms with van der Waals surface area (Å²) >= 11 is 0. The molecular weight excluding hydrogens is 831 g/mol. The molecule has 2 saturated heterocycles. The number of methoxy groups -OCH3 is 2. The Morgan fingerprint density at radius 1 is 0.785 bits per heavy atom. The van der Waals surface area contributed by atoms with Gasteiger partial charge in [-0.15, -0.1) is 0 Å². The number of fused-ring (bicyclic) bond motifs is 7. The van der Waals surface area contributed by atoms with E-state index in [1.165, 1.54) is 14.2 Å². The van der Waals surface area contributed by atoms with Crippen LogP contribution in [-0.2, 0) is 30.2 Å². The molecule has 9 rings (SSSR count). The summed E-state index contributed by atoms with van der Waals surface area (Å²) in [6.07, 6.45) is 6.96. The molecule has 2 fully saturated rings. The van der Waals surface area contributed by atoms with Crippen molar-refractivity contribution in [3.05, 3.63) is 103 Å². The maximum atomic E-state index is 14.2. The predicted molar refractivity (Wildman–Crippen MR) is 241 cm³/mol. The highest BCUT2D eigenvalue weighted by Gasteiger charge is 2.38. The molecule has 6 aromatic rings. The van der Waals surface area contributed by atoms with Gasteiger partial charge in [0, 0.05) is 42.9 Å². The standard InChI is InChI=1S/C48H53N9O8/c1-62-47(60)54-36(25-33-23-32-9-3-4-10-35(32)51-33)45(58)56-19-7-11-40(56)43-49-26-37(52-43)30-15-13-29(14-16-30)31-17-18-34-38-27-50-44(53-38)41-12-8-20-57(41)46(59)39(55-48(61)63-2)28-64-21-5-6-22-65-42(34)24-31/h3-4,9-10,13-18,23-24,26-27,36,39-41,51H,5-8,11-12,19-22,25,28H2,1-2H3,(H,49,52)(H,50,53)(H,54,60)(H,55,61)/t36-,39-,40-,41-/m0/s1. The number of amides is 4. The molecule has 338 valence electrons. The van der Waals surface area contributed by atoms with Crippen molar-refractivity contribution in [3.63, 3.8) is 0 Å². The van der Waals surface area contributed by atoms with Crippen LogP contribution in [-0.4, -0.2) is 118 Å². The molecule has 0 radical (unpaired) electrons. The second-order valence-electron chi connectivity index (χ2n) is 16.6. The number of hydrogen-bond acceptors (Lipinski definition) is 10. The molecule has 6 heterocycles. The van der Waals surface area contributed by atoms with E-state index in [1.54, 1.807) is 22.2 Å². The van der Waals surface area contributed by atoms with E-state index < -0.39 is 24.3 Å². The zero-order chi connectivity index (χ0) is 44.9. The fourth-order valence-electron chi connectivity index (χ4n) is 9.14. The second kappa shape index (κ2) is 19.3. The smallest absolute Gasteiger partial charge is 0.407 e. The van der Waals surface area contributed by atoms with Gasteiger partial charge in [0.25, 0.3) is 0 Å². The van der Waals surface area contributed by atoms with Crippen molar-refractivity contribution in [2.45, 2.75) is 69.1 Å². The quantitative estimate of drug-likeness (QED) is 0.108. The predicted octanol–water partition coefficient (Wildman–Crippen LogP) is 6.82. The summed E-state index contributed by atoms with van der Waals surface area (Å²) in [5.41, 5.74) is 7.15. The maximum absolute atomic E-state index is 14.2. The third kappa shape index (κ3) is 9.41. The number of rotatable bonds is 8. The minimum Gasteiger partial charge on any atom is -0.493 e. The average molecular weight is 884 g/mol. The molecule has 4 amide bonds. The number of carbonyl (C=O) groups is 4. The molecule has 0 saturated carbocycles. The molecule has 3 aliphatic heterocycles. The number of H-pyrrole nitrogens is 3. The third-order valence-electron chi connectivity index (χ3n) is 12.5. The number of aromatic nitrogens is 5. The molecule has 65 heavy (non-hydrogen) atoms. The van der Waals surface area contributed by atoms with Crippen LogP contribution in [0.2, 0.25) is 0 Å². The summed E-state index contributed by atoms with van der Waals surface area (Å²) < 4.78 is 22.0. The Morgan fingerprint density at radius 3 is 2.31 bits per heavy atom. The molecule has 3 aromatic carbocycles. The minimum atomic E-state index is -0.882. The Bertz CT molecular complexity index is 2620. The fraction of sp³-hybridized carbons (Fsp3) is 0.375. The summed E-state index contributed by atoms with van der Waals surface area (Å²) in [5.74, 6) is 1.62. The molecule has 0 aliphatic carbocycles. The highest BCUT2D eigenvalue weighted by Crippen LogP contribution is 2.38. The van der Waals surface area contributed by atoms with Crippen LogP contribution in [0, 0.1) is 0 Å². The van der Waals surface area contributed by atoms with Gasteiger partial charge in [-0.1, -0.05) is 48.5 Å². The maximum Gasteiger partial charge on any atom is 0.407 e. The molecular formula is C48H53N9O8. The first-order valence-corrected chi connectivity index (χ1v) is 22.2. The lowest BCUT2D eigenvalue weighted by Crippen LogP contribution is -2.50. The van der Waals surface area contributed by atoms with E-state index in [0.717, 1.165) is 75.9 Å². The molecule has 2 bridgehead atoms. The number of ether oxygens (including phenoxy) is 4. The largest absolute Gasteiger partial charge is 0.493 e. The van der Waals surface area contributed by atoms with Crippen molar-refractivity contribution in [2.24, 2.45) is 0 Å². The monoisotopic (exact) mass is 883 g/mol. The van der Waals surface area contributed by atoms with Crippen LogP contribution >= 0.6 is 0 Å². The van der Waals surface area contributed by atoms with Gasteiger partial charge in [0.15, 0.2) is 0 Å². The number of hydrogen-bond donors (Lipinski definition) is 5. The Kier molecular flexibility index (Phi) is 12.8. The van der Waals surface area contributed by atoms with E-state index in [1.807, 2.05) is 54.6 Å². The van der Waals surface area contributed by atoms with E-state index in [9.17, 15) is 19.2 Å². The van der Waals surface area contributed by atoms with Crippen LogP contribution < -0.4 is 15.4 Å². The lowest BCUT2D eigenvalue weighted by Gasteiger charge is -2.28. The summed E-state index contributed by atoms with van der Waals surface area (Å²) in [5, 5.41) is 6.45. The molecule has 3 aromatic heterocycles. The number of likely N-dealkylation sites (tertiary alicyclic amines) is 1. The summed E-state index contributed by atoms with van der Waals surface area (Å²) in [6.45, 7) is 1.94. The number of imidazole rings is 2.